The van der Waals surface area contributed by atoms with E-state index in [0.717, 1.165) is 11.4 Å². The second-order valence-corrected chi connectivity index (χ2v) is 8.81. The maximum atomic E-state index is 12.7. The fourth-order valence-corrected chi connectivity index (χ4v) is 4.68. The van der Waals surface area contributed by atoms with Gasteiger partial charge in [0.1, 0.15) is 5.82 Å². The van der Waals surface area contributed by atoms with Gasteiger partial charge in [0.15, 0.2) is 0 Å². The Morgan fingerprint density at radius 2 is 1.80 bits per heavy atom. The molecule has 158 valence electrons. The highest BCUT2D eigenvalue weighted by Gasteiger charge is 2.22. The molecule has 0 saturated carbocycles. The minimum atomic E-state index is -3.62. The van der Waals surface area contributed by atoms with Gasteiger partial charge in [-0.2, -0.15) is 4.31 Å². The number of hydrogen-bond donors (Lipinski definition) is 1. The first kappa shape index (κ1) is 21.7. The summed E-state index contributed by atoms with van der Waals surface area (Å²) in [5.41, 5.74) is 2.02. The Kier molecular flexibility index (Phi) is 6.69. The number of aryl methyl sites for hydroxylation is 1. The number of nitrogens with one attached hydrogen (secondary N) is 1. The summed E-state index contributed by atoms with van der Waals surface area (Å²) in [5.74, 6) is 0.580. The van der Waals surface area contributed by atoms with Crippen molar-refractivity contribution in [3.63, 3.8) is 0 Å². The highest BCUT2D eigenvalue weighted by Crippen LogP contribution is 2.18. The molecule has 3 rings (SSSR count). The highest BCUT2D eigenvalue weighted by atomic mass is 32.2. The molecular formula is C22H26N4O3S. The highest BCUT2D eigenvalue weighted by molar-refractivity contribution is 7.89. The summed E-state index contributed by atoms with van der Waals surface area (Å²) in [4.78, 5) is 17.0. The van der Waals surface area contributed by atoms with Crippen molar-refractivity contribution in [3.8, 4) is 0 Å². The third kappa shape index (κ3) is 4.77. The Morgan fingerprint density at radius 1 is 1.10 bits per heavy atom. The molecule has 1 heterocycles. The maximum Gasteiger partial charge on any atom is 0.255 e. The van der Waals surface area contributed by atoms with Crippen molar-refractivity contribution < 1.29 is 13.2 Å². The largest absolute Gasteiger partial charge is 0.331 e. The van der Waals surface area contributed by atoms with Crippen LogP contribution in [0.15, 0.2) is 65.8 Å². The number of carbonyl (C=O) groups excluding carboxylic acids is 1. The van der Waals surface area contributed by atoms with Gasteiger partial charge in [0.2, 0.25) is 10.0 Å². The first-order valence-electron chi connectivity index (χ1n) is 9.83. The van der Waals surface area contributed by atoms with Crippen LogP contribution in [0.3, 0.4) is 0 Å². The summed E-state index contributed by atoms with van der Waals surface area (Å²) >= 11 is 0. The van der Waals surface area contributed by atoms with E-state index >= 15 is 0 Å². The number of amides is 1. The number of benzene rings is 2. The lowest BCUT2D eigenvalue weighted by Gasteiger charge is -2.18. The van der Waals surface area contributed by atoms with E-state index in [1.807, 2.05) is 42.0 Å². The third-order valence-electron chi connectivity index (χ3n) is 4.93. The zero-order valence-electron chi connectivity index (χ0n) is 17.4. The van der Waals surface area contributed by atoms with Crippen LogP contribution in [0.1, 0.15) is 35.6 Å². The topological polar surface area (TPSA) is 84.3 Å². The van der Waals surface area contributed by atoms with E-state index in [4.69, 9.17) is 0 Å². The zero-order valence-corrected chi connectivity index (χ0v) is 18.2. The number of anilines is 1. The number of imidazole rings is 1. The van der Waals surface area contributed by atoms with Crippen LogP contribution in [0.25, 0.3) is 0 Å². The van der Waals surface area contributed by atoms with E-state index in [0.29, 0.717) is 30.9 Å². The fourth-order valence-electron chi connectivity index (χ4n) is 3.17. The van der Waals surface area contributed by atoms with Crippen molar-refractivity contribution in [1.29, 1.82) is 0 Å². The Morgan fingerprint density at radius 3 is 2.40 bits per heavy atom. The molecule has 0 radical (unpaired) electrons. The number of hydrogen-bond acceptors (Lipinski definition) is 4. The predicted molar refractivity (Wildman–Crippen MR) is 117 cm³/mol. The molecule has 30 heavy (non-hydrogen) atoms. The lowest BCUT2D eigenvalue weighted by molar-refractivity contribution is 0.102. The minimum Gasteiger partial charge on any atom is -0.331 e. The average Bonchev–Trinajstić information content (AvgIpc) is 3.14. The lowest BCUT2D eigenvalue weighted by atomic mass is 10.2. The molecule has 0 saturated heterocycles. The van der Waals surface area contributed by atoms with Crippen molar-refractivity contribution in [2.45, 2.75) is 32.2 Å². The van der Waals surface area contributed by atoms with E-state index in [1.165, 1.54) is 16.4 Å². The average molecular weight is 427 g/mol. The Balaban J connectivity index is 1.72. The van der Waals surface area contributed by atoms with Gasteiger partial charge >= 0.3 is 0 Å². The van der Waals surface area contributed by atoms with Gasteiger partial charge in [-0.3, -0.25) is 4.79 Å². The number of nitrogens with zero attached hydrogens (tertiary/aromatic N) is 3. The summed E-state index contributed by atoms with van der Waals surface area (Å²) in [5, 5.41) is 2.83. The number of aromatic nitrogens is 2. The molecule has 2 aromatic carbocycles. The molecule has 0 bridgehead atoms. The molecule has 0 aliphatic rings. The van der Waals surface area contributed by atoms with Gasteiger partial charge in [-0.15, -0.1) is 0 Å². The summed E-state index contributed by atoms with van der Waals surface area (Å²) in [6, 6.07) is 13.7. The quantitative estimate of drug-likeness (QED) is 0.597. The van der Waals surface area contributed by atoms with Gasteiger partial charge < -0.3 is 9.88 Å². The van der Waals surface area contributed by atoms with E-state index in [2.05, 4.69) is 10.3 Å². The van der Waals surface area contributed by atoms with Gasteiger partial charge in [0, 0.05) is 43.3 Å². The van der Waals surface area contributed by atoms with Crippen LogP contribution < -0.4 is 5.32 Å². The normalized spacial score (nSPS) is 11.6. The molecule has 1 aromatic heterocycles. The van der Waals surface area contributed by atoms with Gasteiger partial charge in [-0.25, -0.2) is 13.4 Å². The Hall–Kier alpha value is -2.97. The summed E-state index contributed by atoms with van der Waals surface area (Å²) in [7, 11) is -3.62. The second kappa shape index (κ2) is 9.23. The first-order chi connectivity index (χ1) is 14.3. The van der Waals surface area contributed by atoms with Crippen LogP contribution in [0.4, 0.5) is 5.69 Å². The fraction of sp³-hybridized carbons (Fsp3) is 0.273. The van der Waals surface area contributed by atoms with Crippen molar-refractivity contribution >= 4 is 21.6 Å². The van der Waals surface area contributed by atoms with Crippen molar-refractivity contribution in [1.82, 2.24) is 13.9 Å². The van der Waals surface area contributed by atoms with Crippen LogP contribution in [-0.4, -0.2) is 41.3 Å². The van der Waals surface area contributed by atoms with Gasteiger partial charge in [-0.05, 0) is 42.8 Å². The molecule has 0 unspecified atom stereocenters. The number of carbonyl (C=O) groups is 1. The Labute approximate surface area is 177 Å². The van der Waals surface area contributed by atoms with E-state index in [1.54, 1.807) is 32.2 Å². The van der Waals surface area contributed by atoms with E-state index < -0.39 is 10.0 Å². The summed E-state index contributed by atoms with van der Waals surface area (Å²) in [6.45, 7) is 6.97. The SMILES string of the molecule is CCN(CC)S(=O)(=O)c1cccc(C(=O)Nc2ccc(Cn3ccnc3C)cc2)c1. The molecule has 1 amide bonds. The molecule has 1 N–H and O–H groups in total. The van der Waals surface area contributed by atoms with Crippen LogP contribution in [-0.2, 0) is 16.6 Å². The minimum absolute atomic E-state index is 0.116. The predicted octanol–water partition coefficient (Wildman–Crippen LogP) is 3.52. The zero-order chi connectivity index (χ0) is 21.7. The van der Waals surface area contributed by atoms with Gasteiger partial charge in [0.05, 0.1) is 4.90 Å². The summed E-state index contributed by atoms with van der Waals surface area (Å²) in [6.07, 6.45) is 3.68. The van der Waals surface area contributed by atoms with Crippen LogP contribution in [0.2, 0.25) is 0 Å². The van der Waals surface area contributed by atoms with E-state index in [9.17, 15) is 13.2 Å². The smallest absolute Gasteiger partial charge is 0.255 e. The molecule has 3 aromatic rings. The monoisotopic (exact) mass is 426 g/mol. The van der Waals surface area contributed by atoms with Crippen LogP contribution in [0.5, 0.6) is 0 Å². The molecule has 7 nitrogen and oxygen atoms in total. The lowest BCUT2D eigenvalue weighted by Crippen LogP contribution is -2.30. The molecular weight excluding hydrogens is 400 g/mol. The van der Waals surface area contributed by atoms with Crippen LogP contribution >= 0.6 is 0 Å². The molecule has 0 fully saturated rings. The van der Waals surface area contributed by atoms with E-state index in [-0.39, 0.29) is 10.8 Å². The van der Waals surface area contributed by atoms with Crippen molar-refractivity contribution in [2.75, 3.05) is 18.4 Å². The second-order valence-electron chi connectivity index (χ2n) is 6.87. The van der Waals surface area contributed by atoms with Crippen molar-refractivity contribution in [2.24, 2.45) is 0 Å². The van der Waals surface area contributed by atoms with Crippen molar-refractivity contribution in [3.05, 3.63) is 77.9 Å². The van der Waals surface area contributed by atoms with Crippen LogP contribution in [0, 0.1) is 6.92 Å². The molecule has 8 heteroatoms. The van der Waals surface area contributed by atoms with Gasteiger partial charge in [0.25, 0.3) is 5.91 Å². The standard InChI is InChI=1S/C22H26N4O3S/c1-4-26(5-2)30(28,29)21-8-6-7-19(15-21)22(27)24-20-11-9-18(10-12-20)16-25-14-13-23-17(25)3/h6-15H,4-5,16H2,1-3H3,(H,24,27). The Bertz CT molecular complexity index is 1120. The summed E-state index contributed by atoms with van der Waals surface area (Å²) < 4.78 is 28.8. The first-order valence-corrected chi connectivity index (χ1v) is 11.3. The molecule has 0 aliphatic carbocycles. The molecule has 0 spiro atoms. The number of rotatable bonds is 8. The third-order valence-corrected chi connectivity index (χ3v) is 6.97. The molecule has 0 atom stereocenters. The maximum absolute atomic E-state index is 12.7. The number of sulfonamides is 1. The molecule has 0 aliphatic heterocycles. The van der Waals surface area contributed by atoms with Gasteiger partial charge in [-0.1, -0.05) is 32.0 Å².